The van der Waals surface area contributed by atoms with Crippen LogP contribution in [-0.4, -0.2) is 47.3 Å². The molecule has 0 aliphatic heterocycles. The van der Waals surface area contributed by atoms with Crippen LogP contribution in [-0.2, 0) is 4.74 Å². The summed E-state index contributed by atoms with van der Waals surface area (Å²) in [5.41, 5.74) is 3.03. The fourth-order valence-electron chi connectivity index (χ4n) is 2.73. The number of hydrogen-bond acceptors (Lipinski definition) is 6. The number of fused-ring (bicyclic) bond motifs is 1. The molecule has 0 bridgehead atoms. The number of anilines is 1. The zero-order valence-corrected chi connectivity index (χ0v) is 14.0. The Morgan fingerprint density at radius 3 is 3.08 bits per heavy atom. The Morgan fingerprint density at radius 1 is 1.38 bits per heavy atom. The van der Waals surface area contributed by atoms with Crippen molar-refractivity contribution in [3.63, 3.8) is 0 Å². The Morgan fingerprint density at radius 2 is 2.25 bits per heavy atom. The number of phenolic OH excluding ortho intramolecular Hbond substituents is 1. The van der Waals surface area contributed by atoms with Gasteiger partial charge in [-0.15, -0.1) is 0 Å². The lowest BCUT2D eigenvalue weighted by Gasteiger charge is -2.27. The minimum absolute atomic E-state index is 0.215. The highest BCUT2D eigenvalue weighted by Gasteiger charge is 2.14. The SMILES string of the molecule is COCCN(C)C1=C(Nc2ncc3cc(O)ccc3n2)C=CCC1. The molecule has 0 unspecified atom stereocenters. The first-order valence-electron chi connectivity index (χ1n) is 8.00. The molecule has 0 amide bonds. The smallest absolute Gasteiger partial charge is 0.227 e. The number of benzene rings is 1. The quantitative estimate of drug-likeness (QED) is 0.850. The predicted molar refractivity (Wildman–Crippen MR) is 94.7 cm³/mol. The summed E-state index contributed by atoms with van der Waals surface area (Å²) in [5, 5.41) is 13.7. The summed E-state index contributed by atoms with van der Waals surface area (Å²) < 4.78 is 5.17. The van der Waals surface area contributed by atoms with E-state index in [0.717, 1.165) is 36.0 Å². The first kappa shape index (κ1) is 16.3. The van der Waals surface area contributed by atoms with Gasteiger partial charge in [0.25, 0.3) is 0 Å². The van der Waals surface area contributed by atoms with Gasteiger partial charge < -0.3 is 20.1 Å². The van der Waals surface area contributed by atoms with E-state index in [2.05, 4.69) is 39.4 Å². The van der Waals surface area contributed by atoms with Crippen molar-refractivity contribution in [1.29, 1.82) is 0 Å². The van der Waals surface area contributed by atoms with Crippen molar-refractivity contribution in [3.8, 4) is 5.75 Å². The molecule has 24 heavy (non-hydrogen) atoms. The molecule has 0 saturated carbocycles. The van der Waals surface area contributed by atoms with Crippen molar-refractivity contribution in [2.45, 2.75) is 12.8 Å². The minimum atomic E-state index is 0.215. The fraction of sp³-hybridized carbons (Fsp3) is 0.333. The molecule has 0 saturated heterocycles. The molecular formula is C18H22N4O2. The number of aromatic hydroxyl groups is 1. The van der Waals surface area contributed by atoms with E-state index in [1.807, 2.05) is 0 Å². The van der Waals surface area contributed by atoms with Crippen molar-refractivity contribution in [2.24, 2.45) is 0 Å². The van der Waals surface area contributed by atoms with Gasteiger partial charge in [-0.3, -0.25) is 0 Å². The molecule has 1 heterocycles. The van der Waals surface area contributed by atoms with Crippen molar-refractivity contribution in [2.75, 3.05) is 32.6 Å². The number of hydrogen-bond donors (Lipinski definition) is 2. The van der Waals surface area contributed by atoms with Gasteiger partial charge in [0, 0.05) is 38.0 Å². The summed E-state index contributed by atoms with van der Waals surface area (Å²) in [7, 11) is 3.78. The molecule has 0 atom stereocenters. The van der Waals surface area contributed by atoms with Gasteiger partial charge >= 0.3 is 0 Å². The summed E-state index contributed by atoms with van der Waals surface area (Å²) in [4.78, 5) is 11.1. The van der Waals surface area contributed by atoms with Crippen LogP contribution in [0.5, 0.6) is 5.75 Å². The lowest BCUT2D eigenvalue weighted by Crippen LogP contribution is -2.26. The second-order valence-corrected chi connectivity index (χ2v) is 5.78. The Balaban J connectivity index is 1.85. The van der Waals surface area contributed by atoms with Gasteiger partial charge in [0.2, 0.25) is 5.95 Å². The normalized spacial score (nSPS) is 14.2. The van der Waals surface area contributed by atoms with Crippen LogP contribution in [0.3, 0.4) is 0 Å². The van der Waals surface area contributed by atoms with E-state index in [-0.39, 0.29) is 5.75 Å². The topological polar surface area (TPSA) is 70.5 Å². The third-order valence-electron chi connectivity index (χ3n) is 4.04. The van der Waals surface area contributed by atoms with Crippen LogP contribution in [0.2, 0.25) is 0 Å². The summed E-state index contributed by atoms with van der Waals surface area (Å²) in [6, 6.07) is 5.07. The number of ether oxygens (including phenoxy) is 1. The van der Waals surface area contributed by atoms with Crippen LogP contribution >= 0.6 is 0 Å². The van der Waals surface area contributed by atoms with Gasteiger partial charge in [0.1, 0.15) is 5.75 Å². The first-order chi connectivity index (χ1) is 11.7. The van der Waals surface area contributed by atoms with Gasteiger partial charge in [0.15, 0.2) is 0 Å². The minimum Gasteiger partial charge on any atom is -0.508 e. The van der Waals surface area contributed by atoms with Gasteiger partial charge in [-0.2, -0.15) is 0 Å². The Kier molecular flexibility index (Phi) is 4.96. The van der Waals surface area contributed by atoms with E-state index in [0.29, 0.717) is 12.6 Å². The molecule has 2 N–H and O–H groups in total. The van der Waals surface area contributed by atoms with Gasteiger partial charge in [-0.25, -0.2) is 9.97 Å². The summed E-state index contributed by atoms with van der Waals surface area (Å²) in [6.45, 7) is 1.52. The molecule has 126 valence electrons. The Bertz CT molecular complexity index is 786. The lowest BCUT2D eigenvalue weighted by molar-refractivity contribution is 0.172. The van der Waals surface area contributed by atoms with Crippen LogP contribution in [0.25, 0.3) is 10.9 Å². The Hall–Kier alpha value is -2.60. The van der Waals surface area contributed by atoms with E-state index in [9.17, 15) is 5.11 Å². The molecule has 1 aliphatic carbocycles. The van der Waals surface area contributed by atoms with Crippen LogP contribution in [0.4, 0.5) is 5.95 Å². The predicted octanol–water partition coefficient (Wildman–Crippen LogP) is 2.89. The molecule has 3 rings (SSSR count). The number of nitrogens with one attached hydrogen (secondary N) is 1. The number of phenols is 1. The molecular weight excluding hydrogens is 304 g/mol. The molecule has 0 radical (unpaired) electrons. The van der Waals surface area contributed by atoms with Crippen molar-refractivity contribution in [1.82, 2.24) is 14.9 Å². The molecule has 2 aromatic rings. The molecule has 0 fully saturated rings. The fourth-order valence-corrected chi connectivity index (χ4v) is 2.73. The number of aromatic nitrogens is 2. The molecule has 1 aromatic carbocycles. The molecule has 1 aromatic heterocycles. The van der Waals surface area contributed by atoms with E-state index in [1.165, 1.54) is 5.70 Å². The van der Waals surface area contributed by atoms with Gasteiger partial charge in [0.05, 0.1) is 17.8 Å². The maximum Gasteiger partial charge on any atom is 0.227 e. The highest BCUT2D eigenvalue weighted by atomic mass is 16.5. The zero-order valence-electron chi connectivity index (χ0n) is 14.0. The van der Waals surface area contributed by atoms with E-state index < -0.39 is 0 Å². The highest BCUT2D eigenvalue weighted by molar-refractivity contribution is 5.80. The monoisotopic (exact) mass is 326 g/mol. The third kappa shape index (κ3) is 3.65. The van der Waals surface area contributed by atoms with E-state index in [1.54, 1.807) is 31.5 Å². The second-order valence-electron chi connectivity index (χ2n) is 5.78. The van der Waals surface area contributed by atoms with Crippen LogP contribution in [0, 0.1) is 0 Å². The summed E-state index contributed by atoms with van der Waals surface area (Å²) in [6.07, 6.45) is 7.93. The second kappa shape index (κ2) is 7.31. The molecule has 0 spiro atoms. The third-order valence-corrected chi connectivity index (χ3v) is 4.04. The van der Waals surface area contributed by atoms with Gasteiger partial charge in [-0.05, 0) is 37.1 Å². The molecule has 6 heteroatoms. The lowest BCUT2D eigenvalue weighted by atomic mass is 10.1. The number of likely N-dealkylation sites (N-methyl/N-ethyl adjacent to an activating group) is 1. The summed E-state index contributed by atoms with van der Waals surface area (Å²) in [5.74, 6) is 0.763. The average Bonchev–Trinajstić information content (AvgIpc) is 2.60. The van der Waals surface area contributed by atoms with Crippen molar-refractivity contribution >= 4 is 16.9 Å². The average molecular weight is 326 g/mol. The standard InChI is InChI=1S/C18H22N4O2/c1-22(9-10-24-2)17-6-4-3-5-16(17)21-18-19-12-13-11-14(23)7-8-15(13)20-18/h3,5,7-8,11-12,23H,4,6,9-10H2,1-2H3,(H,19,20,21). The van der Waals surface area contributed by atoms with Crippen LogP contribution in [0.15, 0.2) is 47.9 Å². The Labute approximate surface area is 141 Å². The van der Waals surface area contributed by atoms with Crippen molar-refractivity contribution in [3.05, 3.63) is 47.9 Å². The van der Waals surface area contributed by atoms with Crippen LogP contribution in [0.1, 0.15) is 12.8 Å². The summed E-state index contributed by atoms with van der Waals surface area (Å²) >= 11 is 0. The molecule has 1 aliphatic rings. The van der Waals surface area contributed by atoms with Crippen molar-refractivity contribution < 1.29 is 9.84 Å². The number of methoxy groups -OCH3 is 1. The maximum absolute atomic E-state index is 9.52. The van der Waals surface area contributed by atoms with E-state index in [4.69, 9.17) is 4.74 Å². The maximum atomic E-state index is 9.52. The van der Waals surface area contributed by atoms with Gasteiger partial charge in [-0.1, -0.05) is 6.08 Å². The van der Waals surface area contributed by atoms with E-state index >= 15 is 0 Å². The van der Waals surface area contributed by atoms with Crippen LogP contribution < -0.4 is 5.32 Å². The first-order valence-corrected chi connectivity index (χ1v) is 8.00. The number of allylic oxidation sites excluding steroid dienone is 3. The largest absolute Gasteiger partial charge is 0.508 e. The number of rotatable bonds is 6. The highest BCUT2D eigenvalue weighted by Crippen LogP contribution is 2.23. The molecule has 6 nitrogen and oxygen atoms in total. The zero-order chi connectivity index (χ0) is 16.9. The number of nitrogens with zero attached hydrogens (tertiary/aromatic N) is 3.